The maximum atomic E-state index is 12.0. The summed E-state index contributed by atoms with van der Waals surface area (Å²) >= 11 is 0. The largest absolute Gasteiger partial charge is 0.504 e. The molecule has 0 saturated heterocycles. The number of aromatic hydroxyl groups is 3. The number of carbonyl (C=O) groups excluding carboxylic acids is 1. The lowest BCUT2D eigenvalue weighted by Gasteiger charge is -2.11. The summed E-state index contributed by atoms with van der Waals surface area (Å²) in [6.07, 6.45) is -0.254. The smallest absolute Gasteiger partial charge is 0.336 e. The minimum absolute atomic E-state index is 0.0768. The van der Waals surface area contributed by atoms with Gasteiger partial charge in [-0.1, -0.05) is 12.1 Å². The van der Waals surface area contributed by atoms with Gasteiger partial charge < -0.3 is 25.7 Å². The lowest BCUT2D eigenvalue weighted by atomic mass is 10.1. The number of phenols is 3. The van der Waals surface area contributed by atoms with Crippen molar-refractivity contribution in [1.82, 2.24) is 0 Å². The van der Waals surface area contributed by atoms with Gasteiger partial charge in [-0.3, -0.25) is 4.79 Å². The number of carbonyl (C=O) groups is 2. The maximum Gasteiger partial charge on any atom is 0.336 e. The highest BCUT2D eigenvalue weighted by Gasteiger charge is 2.16. The summed E-state index contributed by atoms with van der Waals surface area (Å²) in [6.45, 7) is 1.57. The van der Waals surface area contributed by atoms with Gasteiger partial charge in [0, 0.05) is 11.3 Å². The Morgan fingerprint density at radius 3 is 2.39 bits per heavy atom. The molecule has 120 valence electrons. The summed E-state index contributed by atoms with van der Waals surface area (Å²) in [6, 6.07) is 6.97. The second kappa shape index (κ2) is 6.27. The fourth-order valence-corrected chi connectivity index (χ4v) is 2.12. The van der Waals surface area contributed by atoms with Crippen molar-refractivity contribution in [1.29, 1.82) is 0 Å². The second-order valence-electron chi connectivity index (χ2n) is 4.95. The number of carboxylic acid groups (broad SMARTS) is 1. The Balaban J connectivity index is 2.20. The van der Waals surface area contributed by atoms with Gasteiger partial charge in [-0.25, -0.2) is 4.79 Å². The van der Waals surface area contributed by atoms with Crippen LogP contribution in [0.4, 0.5) is 5.69 Å². The first-order valence-electron chi connectivity index (χ1n) is 6.66. The van der Waals surface area contributed by atoms with Crippen molar-refractivity contribution in [2.45, 2.75) is 13.3 Å². The van der Waals surface area contributed by atoms with Crippen molar-refractivity contribution in [3.05, 3.63) is 47.0 Å². The van der Waals surface area contributed by atoms with Crippen LogP contribution in [0.5, 0.6) is 17.2 Å². The second-order valence-corrected chi connectivity index (χ2v) is 4.95. The molecule has 7 heteroatoms. The van der Waals surface area contributed by atoms with Crippen LogP contribution < -0.4 is 5.32 Å². The maximum absolute atomic E-state index is 12.0. The summed E-state index contributed by atoms with van der Waals surface area (Å²) in [4.78, 5) is 23.1. The van der Waals surface area contributed by atoms with E-state index in [1.54, 1.807) is 13.0 Å². The Morgan fingerprint density at radius 2 is 1.74 bits per heavy atom. The molecule has 23 heavy (non-hydrogen) atoms. The Morgan fingerprint density at radius 1 is 1.04 bits per heavy atom. The standard InChI is InChI=1S/C16H15NO6/c1-8-10(16(22)23)3-2-4-11(8)17-13(19)7-9-5-6-12(18)15(21)14(9)20/h2-6,18,20-21H,7H2,1H3,(H,17,19)(H,22,23). The minimum atomic E-state index is -1.10. The Labute approximate surface area is 131 Å². The number of carboxylic acids is 1. The number of anilines is 1. The van der Waals surface area contributed by atoms with Crippen molar-refractivity contribution in [3.8, 4) is 17.2 Å². The van der Waals surface area contributed by atoms with Gasteiger partial charge in [-0.05, 0) is 30.7 Å². The van der Waals surface area contributed by atoms with Crippen LogP contribution in [0.15, 0.2) is 30.3 Å². The number of hydrogen-bond donors (Lipinski definition) is 5. The number of benzene rings is 2. The highest BCUT2D eigenvalue weighted by atomic mass is 16.4. The molecule has 0 radical (unpaired) electrons. The van der Waals surface area contributed by atoms with E-state index < -0.39 is 29.1 Å². The average Bonchev–Trinajstić information content (AvgIpc) is 2.50. The number of rotatable bonds is 4. The van der Waals surface area contributed by atoms with Crippen LogP contribution >= 0.6 is 0 Å². The molecule has 7 nitrogen and oxygen atoms in total. The van der Waals surface area contributed by atoms with E-state index in [2.05, 4.69) is 5.32 Å². The monoisotopic (exact) mass is 317 g/mol. The van der Waals surface area contributed by atoms with Gasteiger partial charge in [-0.15, -0.1) is 0 Å². The molecule has 2 rings (SSSR count). The minimum Gasteiger partial charge on any atom is -0.504 e. The van der Waals surface area contributed by atoms with Crippen LogP contribution in [0.2, 0.25) is 0 Å². The Kier molecular flexibility index (Phi) is 4.40. The fourth-order valence-electron chi connectivity index (χ4n) is 2.12. The molecule has 0 spiro atoms. The van der Waals surface area contributed by atoms with E-state index in [1.807, 2.05) is 0 Å². The lowest BCUT2D eigenvalue weighted by molar-refractivity contribution is -0.115. The van der Waals surface area contributed by atoms with E-state index >= 15 is 0 Å². The molecule has 0 saturated carbocycles. The van der Waals surface area contributed by atoms with Crippen molar-refractivity contribution < 1.29 is 30.0 Å². The molecule has 0 aliphatic heterocycles. The van der Waals surface area contributed by atoms with Gasteiger partial charge in [0.1, 0.15) is 0 Å². The molecule has 0 atom stereocenters. The first-order valence-corrected chi connectivity index (χ1v) is 6.66. The van der Waals surface area contributed by atoms with Crippen LogP contribution in [0.1, 0.15) is 21.5 Å². The Bertz CT molecular complexity index is 784. The molecular weight excluding hydrogens is 302 g/mol. The first kappa shape index (κ1) is 16.2. The summed E-state index contributed by atoms with van der Waals surface area (Å²) < 4.78 is 0. The van der Waals surface area contributed by atoms with Crippen molar-refractivity contribution in [3.63, 3.8) is 0 Å². The van der Waals surface area contributed by atoms with Gasteiger partial charge in [0.25, 0.3) is 0 Å². The number of nitrogens with one attached hydrogen (secondary N) is 1. The highest BCUT2D eigenvalue weighted by Crippen LogP contribution is 2.37. The zero-order valence-corrected chi connectivity index (χ0v) is 12.2. The average molecular weight is 317 g/mol. The molecule has 0 unspecified atom stereocenters. The zero-order valence-electron chi connectivity index (χ0n) is 12.2. The molecule has 0 aliphatic carbocycles. The van der Waals surface area contributed by atoms with E-state index in [0.717, 1.165) is 6.07 Å². The number of hydrogen-bond acceptors (Lipinski definition) is 5. The Hall–Kier alpha value is -3.22. The number of aromatic carboxylic acids is 1. The fraction of sp³-hybridized carbons (Fsp3) is 0.125. The predicted octanol–water partition coefficient (Wildman–Crippen LogP) is 1.99. The van der Waals surface area contributed by atoms with Gasteiger partial charge in [0.15, 0.2) is 11.5 Å². The van der Waals surface area contributed by atoms with Crippen LogP contribution in [0.3, 0.4) is 0 Å². The summed E-state index contributed by atoms with van der Waals surface area (Å²) in [7, 11) is 0. The molecule has 0 aromatic heterocycles. The molecule has 5 N–H and O–H groups in total. The SMILES string of the molecule is Cc1c(NC(=O)Cc2ccc(O)c(O)c2O)cccc1C(=O)O. The molecule has 0 aliphatic rings. The molecular formula is C16H15NO6. The first-order chi connectivity index (χ1) is 10.8. The van der Waals surface area contributed by atoms with E-state index in [-0.39, 0.29) is 17.5 Å². The van der Waals surface area contributed by atoms with E-state index in [4.69, 9.17) is 5.11 Å². The van der Waals surface area contributed by atoms with Crippen LogP contribution in [-0.4, -0.2) is 32.3 Å². The number of phenolic OH excluding ortho intramolecular Hbond substituents is 3. The normalized spacial score (nSPS) is 10.3. The molecule has 0 bridgehead atoms. The van der Waals surface area contributed by atoms with Gasteiger partial charge in [0.05, 0.1) is 12.0 Å². The third-order valence-corrected chi connectivity index (χ3v) is 3.40. The third-order valence-electron chi connectivity index (χ3n) is 3.40. The molecule has 0 fully saturated rings. The highest BCUT2D eigenvalue weighted by molar-refractivity contribution is 5.97. The van der Waals surface area contributed by atoms with E-state index in [1.165, 1.54) is 18.2 Å². The molecule has 0 heterocycles. The third kappa shape index (κ3) is 3.34. The summed E-state index contributed by atoms with van der Waals surface area (Å²) in [5, 5.41) is 40.0. The van der Waals surface area contributed by atoms with Crippen LogP contribution in [0.25, 0.3) is 0 Å². The molecule has 1 amide bonds. The zero-order chi connectivity index (χ0) is 17.1. The quantitative estimate of drug-likeness (QED) is 0.549. The number of amides is 1. The van der Waals surface area contributed by atoms with Crippen LogP contribution in [0, 0.1) is 6.92 Å². The van der Waals surface area contributed by atoms with Gasteiger partial charge in [0.2, 0.25) is 11.7 Å². The molecule has 2 aromatic carbocycles. The molecule has 2 aromatic rings. The summed E-state index contributed by atoms with van der Waals surface area (Å²) in [5.41, 5.74) is 0.960. The van der Waals surface area contributed by atoms with Crippen molar-refractivity contribution in [2.75, 3.05) is 5.32 Å². The van der Waals surface area contributed by atoms with E-state index in [9.17, 15) is 24.9 Å². The lowest BCUT2D eigenvalue weighted by Crippen LogP contribution is -2.16. The van der Waals surface area contributed by atoms with E-state index in [0.29, 0.717) is 11.3 Å². The van der Waals surface area contributed by atoms with Crippen molar-refractivity contribution >= 4 is 17.6 Å². The summed E-state index contributed by atoms with van der Waals surface area (Å²) in [5.74, 6) is -3.36. The van der Waals surface area contributed by atoms with Gasteiger partial charge >= 0.3 is 5.97 Å². The van der Waals surface area contributed by atoms with Crippen LogP contribution in [-0.2, 0) is 11.2 Å². The topological polar surface area (TPSA) is 127 Å². The van der Waals surface area contributed by atoms with Gasteiger partial charge in [-0.2, -0.15) is 0 Å². The van der Waals surface area contributed by atoms with Crippen molar-refractivity contribution in [2.24, 2.45) is 0 Å². The predicted molar refractivity (Wildman–Crippen MR) is 81.9 cm³/mol.